The zero-order valence-corrected chi connectivity index (χ0v) is 17.3. The predicted molar refractivity (Wildman–Crippen MR) is 109 cm³/mol. The first-order valence-electron chi connectivity index (χ1n) is 8.78. The Hall–Kier alpha value is -1.85. The zero-order chi connectivity index (χ0) is 19.3. The summed E-state index contributed by atoms with van der Waals surface area (Å²) in [6.45, 7) is 8.19. The van der Waals surface area contributed by atoms with Crippen molar-refractivity contribution in [1.29, 1.82) is 0 Å². The molecule has 0 spiro atoms. The number of hydrogen-bond acceptors (Lipinski definition) is 3. The molecule has 0 aliphatic rings. The molecule has 0 saturated carbocycles. The van der Waals surface area contributed by atoms with Gasteiger partial charge in [0, 0.05) is 15.7 Å². The average Bonchev–Trinajstić information content (AvgIpc) is 2.60. The molecule has 4 nitrogen and oxygen atoms in total. The van der Waals surface area contributed by atoms with Gasteiger partial charge in [0.25, 0.3) is 5.91 Å². The molecule has 0 saturated heterocycles. The van der Waals surface area contributed by atoms with Crippen molar-refractivity contribution < 1.29 is 14.6 Å². The lowest BCUT2D eigenvalue weighted by Gasteiger charge is -2.20. The van der Waals surface area contributed by atoms with E-state index in [-0.39, 0.29) is 19.1 Å². The van der Waals surface area contributed by atoms with Crippen LogP contribution in [-0.2, 0) is 11.4 Å². The first-order valence-corrected chi connectivity index (χ1v) is 9.57. The summed E-state index contributed by atoms with van der Waals surface area (Å²) in [4.78, 5) is 12.5. The molecule has 2 aromatic carbocycles. The Bertz CT molecular complexity index is 746. The second-order valence-corrected chi connectivity index (χ2v) is 7.78. The fourth-order valence-electron chi connectivity index (χ4n) is 2.83. The minimum atomic E-state index is -0.216. The number of amides is 1. The number of nitrogens with one attached hydrogen (secondary N) is 1. The second kappa shape index (κ2) is 9.19. The molecule has 1 amide bonds. The fourth-order valence-corrected chi connectivity index (χ4v) is 3.24. The molecule has 2 N–H and O–H groups in total. The van der Waals surface area contributed by atoms with Crippen molar-refractivity contribution in [2.45, 2.75) is 46.1 Å². The van der Waals surface area contributed by atoms with Gasteiger partial charge in [-0.25, -0.2) is 0 Å². The van der Waals surface area contributed by atoms with E-state index in [9.17, 15) is 9.90 Å². The van der Waals surface area contributed by atoms with Crippen molar-refractivity contribution in [2.75, 3.05) is 11.9 Å². The van der Waals surface area contributed by atoms with Crippen molar-refractivity contribution in [3.05, 3.63) is 57.6 Å². The van der Waals surface area contributed by atoms with Gasteiger partial charge in [0.15, 0.2) is 6.61 Å². The fraction of sp³-hybridized carbons (Fsp3) is 0.381. The smallest absolute Gasteiger partial charge is 0.262 e. The van der Waals surface area contributed by atoms with Crippen molar-refractivity contribution in [3.63, 3.8) is 0 Å². The largest absolute Gasteiger partial charge is 0.483 e. The standard InChI is InChI=1S/C21H26BrNO3/c1-13(2)17-6-5-7-18(14(3)4)21(17)23-20(25)12-26-19-9-8-16(22)10-15(19)11-24/h5-10,13-14,24H,11-12H2,1-4H3,(H,23,25). The third-order valence-electron chi connectivity index (χ3n) is 4.19. The molecular formula is C21H26BrNO3. The van der Waals surface area contributed by atoms with Crippen molar-refractivity contribution in [3.8, 4) is 5.75 Å². The molecular weight excluding hydrogens is 394 g/mol. The summed E-state index contributed by atoms with van der Waals surface area (Å²) >= 11 is 3.36. The molecule has 0 bridgehead atoms. The van der Waals surface area contributed by atoms with Gasteiger partial charge >= 0.3 is 0 Å². The van der Waals surface area contributed by atoms with Gasteiger partial charge in [0.05, 0.1) is 6.61 Å². The summed E-state index contributed by atoms with van der Waals surface area (Å²) in [5, 5.41) is 12.5. The van der Waals surface area contributed by atoms with Gasteiger partial charge in [-0.3, -0.25) is 4.79 Å². The summed E-state index contributed by atoms with van der Waals surface area (Å²) in [6, 6.07) is 11.5. The molecule has 2 rings (SSSR count). The van der Waals surface area contributed by atoms with Crippen molar-refractivity contribution >= 4 is 27.5 Å². The minimum Gasteiger partial charge on any atom is -0.483 e. The number of hydrogen-bond donors (Lipinski definition) is 2. The predicted octanol–water partition coefficient (Wildman–Crippen LogP) is 5.21. The number of carbonyl (C=O) groups is 1. The Balaban J connectivity index is 2.16. The van der Waals surface area contributed by atoms with Crippen LogP contribution in [0.4, 0.5) is 5.69 Å². The lowest BCUT2D eigenvalue weighted by atomic mass is 9.92. The maximum atomic E-state index is 12.5. The van der Waals surface area contributed by atoms with Crippen LogP contribution in [0.3, 0.4) is 0 Å². The van der Waals surface area contributed by atoms with Crippen LogP contribution in [-0.4, -0.2) is 17.6 Å². The maximum Gasteiger partial charge on any atom is 0.262 e. The lowest BCUT2D eigenvalue weighted by molar-refractivity contribution is -0.118. The van der Waals surface area contributed by atoms with Crippen LogP contribution in [0.2, 0.25) is 0 Å². The minimum absolute atomic E-state index is 0.113. The normalized spacial score (nSPS) is 11.1. The monoisotopic (exact) mass is 419 g/mol. The van der Waals surface area contributed by atoms with Gasteiger partial charge in [-0.1, -0.05) is 61.8 Å². The van der Waals surface area contributed by atoms with Crippen LogP contribution in [0.5, 0.6) is 5.75 Å². The molecule has 0 heterocycles. The van der Waals surface area contributed by atoms with Gasteiger partial charge in [0.1, 0.15) is 5.75 Å². The number of rotatable bonds is 7. The van der Waals surface area contributed by atoms with E-state index < -0.39 is 0 Å². The highest BCUT2D eigenvalue weighted by Crippen LogP contribution is 2.32. The molecule has 0 aliphatic carbocycles. The van der Waals surface area contributed by atoms with E-state index in [2.05, 4.69) is 48.9 Å². The van der Waals surface area contributed by atoms with E-state index >= 15 is 0 Å². The van der Waals surface area contributed by atoms with Crippen LogP contribution in [0.25, 0.3) is 0 Å². The summed E-state index contributed by atoms with van der Waals surface area (Å²) in [5.74, 6) is 0.897. The van der Waals surface area contributed by atoms with E-state index in [0.717, 1.165) is 21.3 Å². The van der Waals surface area contributed by atoms with Gasteiger partial charge in [-0.15, -0.1) is 0 Å². The topological polar surface area (TPSA) is 58.6 Å². The number of anilines is 1. The highest BCUT2D eigenvalue weighted by atomic mass is 79.9. The number of halogens is 1. The summed E-state index contributed by atoms with van der Waals surface area (Å²) in [5.41, 5.74) is 3.75. The van der Waals surface area contributed by atoms with Crippen LogP contribution >= 0.6 is 15.9 Å². The van der Waals surface area contributed by atoms with Gasteiger partial charge in [-0.05, 0) is 41.2 Å². The lowest BCUT2D eigenvalue weighted by Crippen LogP contribution is -2.22. The van der Waals surface area contributed by atoms with Crippen molar-refractivity contribution in [2.24, 2.45) is 0 Å². The van der Waals surface area contributed by atoms with Gasteiger partial charge in [0.2, 0.25) is 0 Å². The Morgan fingerprint density at radius 2 is 1.73 bits per heavy atom. The van der Waals surface area contributed by atoms with E-state index in [1.807, 2.05) is 24.3 Å². The van der Waals surface area contributed by atoms with E-state index in [0.29, 0.717) is 23.1 Å². The third-order valence-corrected chi connectivity index (χ3v) is 4.68. The summed E-state index contributed by atoms with van der Waals surface area (Å²) in [6.07, 6.45) is 0. The maximum absolute atomic E-state index is 12.5. The van der Waals surface area contributed by atoms with Crippen LogP contribution < -0.4 is 10.1 Å². The number of benzene rings is 2. The molecule has 5 heteroatoms. The molecule has 2 aromatic rings. The Morgan fingerprint density at radius 3 is 2.27 bits per heavy atom. The second-order valence-electron chi connectivity index (χ2n) is 6.87. The molecule has 0 atom stereocenters. The Kier molecular flexibility index (Phi) is 7.23. The summed E-state index contributed by atoms with van der Waals surface area (Å²) in [7, 11) is 0. The van der Waals surface area contributed by atoms with Crippen LogP contribution in [0.15, 0.2) is 40.9 Å². The summed E-state index contributed by atoms with van der Waals surface area (Å²) < 4.78 is 6.48. The van der Waals surface area contributed by atoms with Crippen molar-refractivity contribution in [1.82, 2.24) is 0 Å². The number of ether oxygens (including phenoxy) is 1. The highest BCUT2D eigenvalue weighted by molar-refractivity contribution is 9.10. The quantitative estimate of drug-likeness (QED) is 0.647. The van der Waals surface area contributed by atoms with Crippen LogP contribution in [0.1, 0.15) is 56.2 Å². The Labute approximate surface area is 163 Å². The number of aliphatic hydroxyl groups excluding tert-OH is 1. The number of carbonyl (C=O) groups excluding carboxylic acids is 1. The molecule has 140 valence electrons. The molecule has 26 heavy (non-hydrogen) atoms. The third kappa shape index (κ3) is 5.08. The molecule has 0 fully saturated rings. The molecule has 0 radical (unpaired) electrons. The van der Waals surface area contributed by atoms with E-state index in [1.54, 1.807) is 12.1 Å². The van der Waals surface area contributed by atoms with Gasteiger partial charge in [-0.2, -0.15) is 0 Å². The SMILES string of the molecule is CC(C)c1cccc(C(C)C)c1NC(=O)COc1ccc(Br)cc1CO. The molecule has 0 aliphatic heterocycles. The first-order chi connectivity index (χ1) is 12.3. The Morgan fingerprint density at radius 1 is 1.12 bits per heavy atom. The molecule has 0 unspecified atom stereocenters. The highest BCUT2D eigenvalue weighted by Gasteiger charge is 2.16. The van der Waals surface area contributed by atoms with Crippen LogP contribution in [0, 0.1) is 0 Å². The first kappa shape index (κ1) is 20.5. The van der Waals surface area contributed by atoms with E-state index in [4.69, 9.17) is 4.74 Å². The average molecular weight is 420 g/mol. The van der Waals surface area contributed by atoms with E-state index in [1.165, 1.54) is 0 Å². The number of para-hydroxylation sites is 1. The number of aliphatic hydroxyl groups is 1. The van der Waals surface area contributed by atoms with Gasteiger partial charge < -0.3 is 15.2 Å². The molecule has 0 aromatic heterocycles. The zero-order valence-electron chi connectivity index (χ0n) is 15.7.